The summed E-state index contributed by atoms with van der Waals surface area (Å²) in [7, 11) is 1.61. The Labute approximate surface area is 162 Å². The lowest BCUT2D eigenvalue weighted by Gasteiger charge is -2.08. The van der Waals surface area contributed by atoms with E-state index in [2.05, 4.69) is 21.6 Å². The molecule has 1 N–H and O–H groups in total. The number of amides is 1. The molecule has 0 saturated carbocycles. The Bertz CT molecular complexity index is 919. The number of thioether (sulfide) groups is 1. The lowest BCUT2D eigenvalue weighted by atomic mass is 10.1. The molecule has 140 valence electrons. The van der Waals surface area contributed by atoms with Crippen LogP contribution in [0, 0.1) is 13.8 Å². The molecule has 27 heavy (non-hydrogen) atoms. The van der Waals surface area contributed by atoms with Crippen LogP contribution < -0.4 is 10.1 Å². The Morgan fingerprint density at radius 3 is 2.63 bits per heavy atom. The molecule has 1 heterocycles. The van der Waals surface area contributed by atoms with Crippen LogP contribution in [-0.4, -0.2) is 29.0 Å². The van der Waals surface area contributed by atoms with Crippen LogP contribution in [0.3, 0.4) is 0 Å². The van der Waals surface area contributed by atoms with Gasteiger partial charge in [-0.05, 0) is 32.0 Å². The smallest absolute Gasteiger partial charge is 0.277 e. The van der Waals surface area contributed by atoms with Gasteiger partial charge in [0.05, 0.1) is 12.9 Å². The van der Waals surface area contributed by atoms with Gasteiger partial charge >= 0.3 is 0 Å². The Kier molecular flexibility index (Phi) is 6.13. The summed E-state index contributed by atoms with van der Waals surface area (Å²) in [6.45, 7) is 4.45. The summed E-state index contributed by atoms with van der Waals surface area (Å²) in [5.41, 5.74) is 4.07. The van der Waals surface area contributed by atoms with E-state index >= 15 is 0 Å². The minimum atomic E-state index is -0.114. The molecule has 3 rings (SSSR count). The summed E-state index contributed by atoms with van der Waals surface area (Å²) in [6, 6.07) is 13.7. The number of carbonyl (C=O) groups is 1. The van der Waals surface area contributed by atoms with Crippen molar-refractivity contribution in [1.82, 2.24) is 15.5 Å². The fourth-order valence-corrected chi connectivity index (χ4v) is 3.30. The zero-order valence-corrected chi connectivity index (χ0v) is 16.3. The van der Waals surface area contributed by atoms with Crippen molar-refractivity contribution in [2.45, 2.75) is 25.6 Å². The number of aromatic nitrogens is 2. The highest BCUT2D eigenvalue weighted by atomic mass is 32.2. The molecule has 7 heteroatoms. The van der Waals surface area contributed by atoms with Crippen LogP contribution in [0.1, 0.15) is 16.7 Å². The van der Waals surface area contributed by atoms with Gasteiger partial charge in [-0.15, -0.1) is 10.2 Å². The minimum absolute atomic E-state index is 0.114. The van der Waals surface area contributed by atoms with Gasteiger partial charge in [0.2, 0.25) is 11.8 Å². The number of methoxy groups -OCH3 is 1. The van der Waals surface area contributed by atoms with Crippen molar-refractivity contribution >= 4 is 17.7 Å². The van der Waals surface area contributed by atoms with Gasteiger partial charge < -0.3 is 14.5 Å². The molecule has 0 aliphatic carbocycles. The van der Waals surface area contributed by atoms with Crippen molar-refractivity contribution in [3.05, 3.63) is 59.2 Å². The standard InChI is InChI=1S/C20H21N3O3S/c1-13-8-14(2)10-16(9-13)19-22-23-20(26-19)27-12-18(24)21-11-15-6-4-5-7-17(15)25-3/h4-10H,11-12H2,1-3H3,(H,21,24). The van der Waals surface area contributed by atoms with E-state index in [1.54, 1.807) is 7.11 Å². The van der Waals surface area contributed by atoms with Gasteiger partial charge in [0.25, 0.3) is 5.22 Å². The van der Waals surface area contributed by atoms with E-state index in [9.17, 15) is 4.79 Å². The number of benzene rings is 2. The molecule has 0 spiro atoms. The first-order valence-electron chi connectivity index (χ1n) is 8.48. The summed E-state index contributed by atoms with van der Waals surface area (Å²) >= 11 is 1.21. The Morgan fingerprint density at radius 1 is 1.15 bits per heavy atom. The van der Waals surface area contributed by atoms with Crippen molar-refractivity contribution in [3.63, 3.8) is 0 Å². The molecular formula is C20H21N3O3S. The molecule has 0 aliphatic heterocycles. The quantitative estimate of drug-likeness (QED) is 0.626. The first kappa shape index (κ1) is 19.0. The van der Waals surface area contributed by atoms with Crippen molar-refractivity contribution in [1.29, 1.82) is 0 Å². The number of para-hydroxylation sites is 1. The maximum Gasteiger partial charge on any atom is 0.277 e. The van der Waals surface area contributed by atoms with E-state index in [0.29, 0.717) is 17.7 Å². The fraction of sp³-hybridized carbons (Fsp3) is 0.250. The molecule has 1 amide bonds. The average Bonchev–Trinajstić information content (AvgIpc) is 3.13. The molecule has 1 aromatic heterocycles. The van der Waals surface area contributed by atoms with E-state index in [0.717, 1.165) is 28.0 Å². The van der Waals surface area contributed by atoms with Crippen molar-refractivity contribution in [2.75, 3.05) is 12.9 Å². The minimum Gasteiger partial charge on any atom is -0.496 e. The second-order valence-electron chi connectivity index (χ2n) is 6.13. The lowest BCUT2D eigenvalue weighted by molar-refractivity contribution is -0.118. The topological polar surface area (TPSA) is 77.2 Å². The maximum absolute atomic E-state index is 12.1. The zero-order chi connectivity index (χ0) is 19.2. The predicted octanol–water partition coefficient (Wildman–Crippen LogP) is 3.77. The van der Waals surface area contributed by atoms with Crippen LogP contribution in [0.5, 0.6) is 5.75 Å². The molecule has 0 atom stereocenters. The van der Waals surface area contributed by atoms with Crippen LogP contribution in [0.15, 0.2) is 52.1 Å². The third-order valence-corrected chi connectivity index (χ3v) is 4.69. The molecule has 0 radical (unpaired) electrons. The van der Waals surface area contributed by atoms with Gasteiger partial charge in [0.15, 0.2) is 0 Å². The zero-order valence-electron chi connectivity index (χ0n) is 15.5. The van der Waals surface area contributed by atoms with Gasteiger partial charge in [0.1, 0.15) is 5.75 Å². The first-order valence-corrected chi connectivity index (χ1v) is 9.47. The van der Waals surface area contributed by atoms with E-state index in [-0.39, 0.29) is 11.7 Å². The van der Waals surface area contributed by atoms with Crippen molar-refractivity contribution < 1.29 is 13.9 Å². The highest BCUT2D eigenvalue weighted by Gasteiger charge is 2.12. The molecule has 0 saturated heterocycles. The lowest BCUT2D eigenvalue weighted by Crippen LogP contribution is -2.24. The maximum atomic E-state index is 12.1. The Balaban J connectivity index is 1.54. The van der Waals surface area contributed by atoms with Gasteiger partial charge in [-0.1, -0.05) is 47.2 Å². The number of carbonyl (C=O) groups excluding carboxylic acids is 1. The van der Waals surface area contributed by atoms with Crippen LogP contribution in [0.4, 0.5) is 0 Å². The molecular weight excluding hydrogens is 362 g/mol. The number of hydrogen-bond acceptors (Lipinski definition) is 6. The van der Waals surface area contributed by atoms with Crippen molar-refractivity contribution in [3.8, 4) is 17.2 Å². The third kappa shape index (κ3) is 5.10. The van der Waals surface area contributed by atoms with Crippen LogP contribution >= 0.6 is 11.8 Å². The normalized spacial score (nSPS) is 10.6. The number of nitrogens with one attached hydrogen (secondary N) is 1. The second kappa shape index (κ2) is 8.73. The number of hydrogen-bond donors (Lipinski definition) is 1. The molecule has 0 aliphatic rings. The predicted molar refractivity (Wildman–Crippen MR) is 105 cm³/mol. The third-order valence-electron chi connectivity index (χ3n) is 3.87. The second-order valence-corrected chi connectivity index (χ2v) is 7.05. The Morgan fingerprint density at radius 2 is 1.89 bits per heavy atom. The Hall–Kier alpha value is -2.80. The summed E-state index contributed by atoms with van der Waals surface area (Å²) in [5.74, 6) is 1.29. The fourth-order valence-electron chi connectivity index (χ4n) is 2.70. The number of ether oxygens (including phenoxy) is 1. The summed E-state index contributed by atoms with van der Waals surface area (Å²) in [4.78, 5) is 12.1. The summed E-state index contributed by atoms with van der Waals surface area (Å²) < 4.78 is 10.9. The van der Waals surface area contributed by atoms with Gasteiger partial charge in [-0.2, -0.15) is 0 Å². The number of rotatable bonds is 7. The van der Waals surface area contributed by atoms with Crippen LogP contribution in [0.25, 0.3) is 11.5 Å². The number of nitrogens with zero attached hydrogens (tertiary/aromatic N) is 2. The SMILES string of the molecule is COc1ccccc1CNC(=O)CSc1nnc(-c2cc(C)cc(C)c2)o1. The molecule has 0 unspecified atom stereocenters. The summed E-state index contributed by atoms with van der Waals surface area (Å²) in [5, 5.41) is 11.3. The first-order chi connectivity index (χ1) is 13.0. The van der Waals surface area contributed by atoms with Gasteiger partial charge in [-0.25, -0.2) is 0 Å². The number of aryl methyl sites for hydroxylation is 2. The van der Waals surface area contributed by atoms with E-state index in [1.165, 1.54) is 11.8 Å². The molecule has 0 bridgehead atoms. The average molecular weight is 383 g/mol. The van der Waals surface area contributed by atoms with E-state index in [1.807, 2.05) is 50.2 Å². The van der Waals surface area contributed by atoms with Gasteiger partial charge in [-0.3, -0.25) is 4.79 Å². The van der Waals surface area contributed by atoms with E-state index < -0.39 is 0 Å². The van der Waals surface area contributed by atoms with Gasteiger partial charge in [0, 0.05) is 17.7 Å². The molecule has 3 aromatic rings. The van der Waals surface area contributed by atoms with Crippen molar-refractivity contribution in [2.24, 2.45) is 0 Å². The monoisotopic (exact) mass is 383 g/mol. The van der Waals surface area contributed by atoms with E-state index in [4.69, 9.17) is 9.15 Å². The molecule has 6 nitrogen and oxygen atoms in total. The summed E-state index contributed by atoms with van der Waals surface area (Å²) in [6.07, 6.45) is 0. The highest BCUT2D eigenvalue weighted by molar-refractivity contribution is 7.99. The largest absolute Gasteiger partial charge is 0.496 e. The molecule has 0 fully saturated rings. The van der Waals surface area contributed by atoms with Crippen LogP contribution in [0.2, 0.25) is 0 Å². The van der Waals surface area contributed by atoms with Crippen LogP contribution in [-0.2, 0) is 11.3 Å². The highest BCUT2D eigenvalue weighted by Crippen LogP contribution is 2.25. The molecule has 2 aromatic carbocycles.